The van der Waals surface area contributed by atoms with E-state index in [1.165, 1.54) is 0 Å². The number of fused-ring (bicyclic) bond motifs is 2. The Morgan fingerprint density at radius 1 is 0.923 bits per heavy atom. The Bertz CT molecular complexity index is 1140. The molecule has 6 nitrogen and oxygen atoms in total. The quantitative estimate of drug-likeness (QED) is 0.568. The maximum absolute atomic E-state index is 11.8. The smallest absolute Gasteiger partial charge is 0.237 e. The number of benzene rings is 2. The third-order valence-corrected chi connectivity index (χ3v) is 4.49. The topological polar surface area (TPSA) is 69.4 Å². The van der Waals surface area contributed by atoms with Crippen molar-refractivity contribution in [1.29, 1.82) is 0 Å². The van der Waals surface area contributed by atoms with Crippen molar-refractivity contribution in [2.45, 2.75) is 12.8 Å². The van der Waals surface area contributed by atoms with E-state index < -0.39 is 0 Å². The standard InChI is InChI=1S/C20H14N4O2/c25-17-9-6-14-12-15(7-8-16(14)17)26-19-11-10-18-21-22-20(24(18)23-19)13-4-2-1-3-5-13/h1-5,7-8,10-12H,6,9H2. The van der Waals surface area contributed by atoms with E-state index in [2.05, 4.69) is 15.3 Å². The molecule has 0 fully saturated rings. The second kappa shape index (κ2) is 5.77. The molecule has 0 amide bonds. The summed E-state index contributed by atoms with van der Waals surface area (Å²) in [5.74, 6) is 1.96. The largest absolute Gasteiger partial charge is 0.438 e. The van der Waals surface area contributed by atoms with Crippen LogP contribution >= 0.6 is 0 Å². The van der Waals surface area contributed by atoms with Crippen molar-refractivity contribution in [2.24, 2.45) is 0 Å². The van der Waals surface area contributed by atoms with Crippen LogP contribution in [0.2, 0.25) is 0 Å². The van der Waals surface area contributed by atoms with Crippen LogP contribution in [-0.4, -0.2) is 25.6 Å². The van der Waals surface area contributed by atoms with Crippen LogP contribution < -0.4 is 4.74 Å². The first-order valence-electron chi connectivity index (χ1n) is 8.40. The molecule has 0 atom stereocenters. The minimum Gasteiger partial charge on any atom is -0.438 e. The second-order valence-electron chi connectivity index (χ2n) is 6.18. The van der Waals surface area contributed by atoms with Gasteiger partial charge >= 0.3 is 0 Å². The van der Waals surface area contributed by atoms with Crippen LogP contribution in [0.3, 0.4) is 0 Å². The van der Waals surface area contributed by atoms with Gasteiger partial charge in [-0.2, -0.15) is 4.52 Å². The molecule has 2 aromatic heterocycles. The highest BCUT2D eigenvalue weighted by Crippen LogP contribution is 2.28. The molecule has 26 heavy (non-hydrogen) atoms. The Kier molecular flexibility index (Phi) is 3.28. The van der Waals surface area contributed by atoms with Crippen LogP contribution in [0.15, 0.2) is 60.7 Å². The molecular formula is C20H14N4O2. The molecule has 4 aromatic rings. The second-order valence-corrected chi connectivity index (χ2v) is 6.18. The van der Waals surface area contributed by atoms with E-state index in [0.29, 0.717) is 29.5 Å². The molecule has 2 heterocycles. The lowest BCUT2D eigenvalue weighted by molar-refractivity contribution is 0.0994. The highest BCUT2D eigenvalue weighted by molar-refractivity contribution is 6.00. The number of ketones is 1. The van der Waals surface area contributed by atoms with Crippen LogP contribution in [0.5, 0.6) is 11.6 Å². The van der Waals surface area contributed by atoms with Crippen molar-refractivity contribution in [3.05, 3.63) is 71.8 Å². The molecule has 0 unspecified atom stereocenters. The number of nitrogens with zero attached hydrogens (tertiary/aromatic N) is 4. The number of hydrogen-bond acceptors (Lipinski definition) is 5. The molecule has 2 aromatic carbocycles. The molecule has 1 aliphatic rings. The van der Waals surface area contributed by atoms with E-state index in [4.69, 9.17) is 4.74 Å². The normalized spacial score (nSPS) is 13.2. The average molecular weight is 342 g/mol. The van der Waals surface area contributed by atoms with E-state index in [0.717, 1.165) is 23.1 Å². The van der Waals surface area contributed by atoms with E-state index in [1.54, 1.807) is 16.6 Å². The van der Waals surface area contributed by atoms with Crippen molar-refractivity contribution in [3.8, 4) is 23.0 Å². The van der Waals surface area contributed by atoms with Gasteiger partial charge in [0.25, 0.3) is 0 Å². The minimum atomic E-state index is 0.197. The lowest BCUT2D eigenvalue weighted by Crippen LogP contribution is -1.98. The fourth-order valence-corrected chi connectivity index (χ4v) is 3.21. The molecule has 0 saturated carbocycles. The van der Waals surface area contributed by atoms with Crippen LogP contribution in [-0.2, 0) is 6.42 Å². The van der Waals surface area contributed by atoms with E-state index in [9.17, 15) is 4.79 Å². The molecule has 6 heteroatoms. The summed E-state index contributed by atoms with van der Waals surface area (Å²) < 4.78 is 7.58. The number of Topliss-reactive ketones (excluding diaryl/α,β-unsaturated/α-hetero) is 1. The first-order chi connectivity index (χ1) is 12.8. The number of carbonyl (C=O) groups excluding carboxylic acids is 1. The van der Waals surface area contributed by atoms with Gasteiger partial charge in [-0.05, 0) is 36.2 Å². The third-order valence-electron chi connectivity index (χ3n) is 4.49. The number of carbonyl (C=O) groups is 1. The first-order valence-corrected chi connectivity index (χ1v) is 8.40. The summed E-state index contributed by atoms with van der Waals surface area (Å²) in [5, 5.41) is 12.9. The van der Waals surface area contributed by atoms with Crippen LogP contribution in [0.4, 0.5) is 0 Å². The fourth-order valence-electron chi connectivity index (χ4n) is 3.21. The summed E-state index contributed by atoms with van der Waals surface area (Å²) in [7, 11) is 0. The van der Waals surface area contributed by atoms with E-state index >= 15 is 0 Å². The minimum absolute atomic E-state index is 0.197. The summed E-state index contributed by atoms with van der Waals surface area (Å²) in [6.45, 7) is 0. The zero-order valence-corrected chi connectivity index (χ0v) is 13.8. The van der Waals surface area contributed by atoms with Crippen molar-refractivity contribution in [1.82, 2.24) is 19.8 Å². The van der Waals surface area contributed by atoms with Crippen molar-refractivity contribution in [3.63, 3.8) is 0 Å². The lowest BCUT2D eigenvalue weighted by atomic mass is 10.1. The van der Waals surface area contributed by atoms with Gasteiger partial charge in [0.2, 0.25) is 5.88 Å². The van der Waals surface area contributed by atoms with Gasteiger partial charge in [0.05, 0.1) is 0 Å². The summed E-state index contributed by atoms with van der Waals surface area (Å²) in [6.07, 6.45) is 1.34. The zero-order chi connectivity index (χ0) is 17.5. The van der Waals surface area contributed by atoms with Crippen molar-refractivity contribution < 1.29 is 9.53 Å². The molecule has 5 rings (SSSR count). The molecule has 0 spiro atoms. The summed E-state index contributed by atoms with van der Waals surface area (Å²) in [5.41, 5.74) is 3.41. The molecule has 1 aliphatic carbocycles. The lowest BCUT2D eigenvalue weighted by Gasteiger charge is -2.07. The highest BCUT2D eigenvalue weighted by atomic mass is 16.5. The first kappa shape index (κ1) is 14.8. The Morgan fingerprint density at radius 2 is 1.81 bits per heavy atom. The van der Waals surface area contributed by atoms with Gasteiger partial charge in [0, 0.05) is 23.6 Å². The number of hydrogen-bond donors (Lipinski definition) is 0. The van der Waals surface area contributed by atoms with Gasteiger partial charge in [-0.15, -0.1) is 15.3 Å². The van der Waals surface area contributed by atoms with Crippen molar-refractivity contribution >= 4 is 11.4 Å². The number of rotatable bonds is 3. The molecular weight excluding hydrogens is 328 g/mol. The Labute approximate surface area is 149 Å². The van der Waals surface area contributed by atoms with Gasteiger partial charge in [-0.1, -0.05) is 30.3 Å². The molecule has 0 N–H and O–H groups in total. The Balaban J connectivity index is 1.51. The molecule has 0 bridgehead atoms. The van der Waals surface area contributed by atoms with Crippen LogP contribution in [0, 0.1) is 0 Å². The molecule has 126 valence electrons. The highest BCUT2D eigenvalue weighted by Gasteiger charge is 2.20. The molecule has 0 aliphatic heterocycles. The van der Waals surface area contributed by atoms with Gasteiger partial charge in [0.15, 0.2) is 17.3 Å². The maximum Gasteiger partial charge on any atom is 0.237 e. The molecule has 0 saturated heterocycles. The Hall–Kier alpha value is -3.54. The third kappa shape index (κ3) is 2.43. The summed E-state index contributed by atoms with van der Waals surface area (Å²) >= 11 is 0. The van der Waals surface area contributed by atoms with E-state index in [-0.39, 0.29) is 5.78 Å². The van der Waals surface area contributed by atoms with E-state index in [1.807, 2.05) is 48.5 Å². The monoisotopic (exact) mass is 342 g/mol. The van der Waals surface area contributed by atoms with Gasteiger partial charge in [-0.3, -0.25) is 4.79 Å². The number of aromatic nitrogens is 4. The average Bonchev–Trinajstić information content (AvgIpc) is 3.26. The van der Waals surface area contributed by atoms with Gasteiger partial charge < -0.3 is 4.74 Å². The number of ether oxygens (including phenoxy) is 1. The zero-order valence-electron chi connectivity index (χ0n) is 13.8. The van der Waals surface area contributed by atoms with Crippen LogP contribution in [0.1, 0.15) is 22.3 Å². The molecule has 0 radical (unpaired) electrons. The summed E-state index contributed by atoms with van der Waals surface area (Å²) in [4.78, 5) is 11.8. The Morgan fingerprint density at radius 3 is 2.69 bits per heavy atom. The van der Waals surface area contributed by atoms with Crippen molar-refractivity contribution in [2.75, 3.05) is 0 Å². The fraction of sp³-hybridized carbons (Fsp3) is 0.100. The summed E-state index contributed by atoms with van der Waals surface area (Å²) in [6, 6.07) is 18.9. The predicted octanol–water partition coefficient (Wildman–Crippen LogP) is 3.71. The number of aryl methyl sites for hydroxylation is 1. The van der Waals surface area contributed by atoms with Gasteiger partial charge in [-0.25, -0.2) is 0 Å². The van der Waals surface area contributed by atoms with Gasteiger partial charge in [0.1, 0.15) is 5.75 Å². The maximum atomic E-state index is 11.8. The predicted molar refractivity (Wildman–Crippen MR) is 95.4 cm³/mol. The SMILES string of the molecule is O=C1CCc2cc(Oc3ccc4nnc(-c5ccccc5)n4n3)ccc21. The van der Waals surface area contributed by atoms with Crippen LogP contribution in [0.25, 0.3) is 17.0 Å².